The lowest BCUT2D eigenvalue weighted by Gasteiger charge is -2.43. The first kappa shape index (κ1) is 31.2. The van der Waals surface area contributed by atoms with Gasteiger partial charge in [0.25, 0.3) is 11.3 Å². The summed E-state index contributed by atoms with van der Waals surface area (Å²) < 4.78 is 56.4. The van der Waals surface area contributed by atoms with Crippen LogP contribution in [0.1, 0.15) is 10.4 Å². The number of hydrogen-bond acceptors (Lipinski definition) is 9. The van der Waals surface area contributed by atoms with Crippen molar-refractivity contribution in [2.24, 2.45) is 0 Å². The fourth-order valence-corrected chi connectivity index (χ4v) is 6.60. The van der Waals surface area contributed by atoms with E-state index in [2.05, 4.69) is 36.0 Å². The van der Waals surface area contributed by atoms with E-state index in [-0.39, 0.29) is 16.8 Å². The van der Waals surface area contributed by atoms with Gasteiger partial charge in [0.1, 0.15) is 11.6 Å². The number of anilines is 5. The Morgan fingerprint density at radius 3 is 2.47 bits per heavy atom. The number of nitrogens with one attached hydrogen (secondary N) is 1. The average molecular weight is 701 g/mol. The van der Waals surface area contributed by atoms with Crippen LogP contribution in [0.3, 0.4) is 0 Å². The molecule has 14 heteroatoms. The van der Waals surface area contributed by atoms with Crippen LogP contribution in [0.25, 0.3) is 10.9 Å². The van der Waals surface area contributed by atoms with Crippen LogP contribution in [0.5, 0.6) is 5.75 Å². The van der Waals surface area contributed by atoms with Crippen molar-refractivity contribution in [1.29, 1.82) is 0 Å². The summed E-state index contributed by atoms with van der Waals surface area (Å²) in [6, 6.07) is 15.2. The van der Waals surface area contributed by atoms with Gasteiger partial charge >= 0.3 is 5.97 Å². The Hall–Kier alpha value is -3.82. The Labute approximate surface area is 270 Å². The number of methoxy groups -OCH3 is 2. The predicted molar refractivity (Wildman–Crippen MR) is 175 cm³/mol. The van der Waals surface area contributed by atoms with E-state index in [1.54, 1.807) is 42.5 Å². The number of aromatic nitrogens is 1. The third kappa shape index (κ3) is 6.47. The van der Waals surface area contributed by atoms with Gasteiger partial charge in [0, 0.05) is 42.0 Å². The van der Waals surface area contributed by atoms with E-state index in [1.165, 1.54) is 26.5 Å². The fourth-order valence-electron chi connectivity index (χ4n) is 5.57. The number of rotatable bonds is 9. The number of nitrogens with zero attached hydrogens (tertiary/aromatic N) is 4. The van der Waals surface area contributed by atoms with Gasteiger partial charge in [0.05, 0.1) is 73.2 Å². The molecule has 0 aliphatic carbocycles. The topological polar surface area (TPSA) is 117 Å². The molecule has 1 atom stereocenters. The standard InChI is InChI=1S/C31H31BrFN5O6S/c1-42-25-5-3-22(4-6-25)38(45(40)41)28-16-34-27-14-20(32)13-26(33)29(27)30(28)35-21-11-19(31(39)43-2)12-23(15-21)36-7-9-37(10-8-36)24-17-44-18-24/h3-6,11-16,24H,7-10,17-18H2,1-2H3,(H,34,35)(H,40,41). The van der Waals surface area contributed by atoms with Gasteiger partial charge in [-0.3, -0.25) is 14.4 Å². The number of piperazine rings is 1. The molecule has 45 heavy (non-hydrogen) atoms. The van der Waals surface area contributed by atoms with Crippen LogP contribution in [0.4, 0.5) is 32.8 Å². The van der Waals surface area contributed by atoms with Gasteiger partial charge in [-0.25, -0.2) is 17.7 Å². The molecule has 2 aliphatic rings. The molecule has 236 valence electrons. The number of ether oxygens (including phenoxy) is 3. The molecule has 2 aliphatic heterocycles. The summed E-state index contributed by atoms with van der Waals surface area (Å²) in [5, 5.41) is 3.38. The summed E-state index contributed by atoms with van der Waals surface area (Å²) in [6.07, 6.45) is 1.41. The largest absolute Gasteiger partial charge is 0.497 e. The van der Waals surface area contributed by atoms with Gasteiger partial charge in [-0.05, 0) is 54.6 Å². The van der Waals surface area contributed by atoms with Crippen molar-refractivity contribution in [1.82, 2.24) is 9.88 Å². The second kappa shape index (κ2) is 13.3. The molecule has 0 saturated carbocycles. The van der Waals surface area contributed by atoms with E-state index in [1.807, 2.05) is 6.07 Å². The number of esters is 1. The molecule has 4 aromatic rings. The van der Waals surface area contributed by atoms with Crippen LogP contribution in [0.2, 0.25) is 0 Å². The maximum absolute atomic E-state index is 15.7. The lowest BCUT2D eigenvalue weighted by molar-refractivity contribution is -0.0660. The zero-order valence-corrected chi connectivity index (χ0v) is 26.9. The van der Waals surface area contributed by atoms with Gasteiger partial charge in [0.2, 0.25) is 0 Å². The van der Waals surface area contributed by atoms with E-state index in [4.69, 9.17) is 14.2 Å². The summed E-state index contributed by atoms with van der Waals surface area (Å²) in [4.78, 5) is 21.8. The van der Waals surface area contributed by atoms with Crippen LogP contribution in [-0.4, -0.2) is 84.3 Å². The first-order valence-electron chi connectivity index (χ1n) is 14.2. The Bertz CT molecular complexity index is 1750. The molecule has 3 heterocycles. The molecule has 0 radical (unpaired) electrons. The van der Waals surface area contributed by atoms with Gasteiger partial charge in [0.15, 0.2) is 0 Å². The lowest BCUT2D eigenvalue weighted by atomic mass is 10.1. The number of halogens is 2. The molecule has 1 unspecified atom stereocenters. The van der Waals surface area contributed by atoms with Crippen LogP contribution in [0, 0.1) is 5.82 Å². The molecule has 0 amide bonds. The van der Waals surface area contributed by atoms with Crippen molar-refractivity contribution in [2.45, 2.75) is 6.04 Å². The molecule has 3 aromatic carbocycles. The monoisotopic (exact) mass is 699 g/mol. The van der Waals surface area contributed by atoms with Crippen LogP contribution >= 0.6 is 15.9 Å². The van der Waals surface area contributed by atoms with Crippen LogP contribution in [-0.2, 0) is 20.7 Å². The van der Waals surface area contributed by atoms with Gasteiger partial charge in [-0.15, -0.1) is 0 Å². The minimum atomic E-state index is -2.58. The number of pyridine rings is 1. The quantitative estimate of drug-likeness (QED) is 0.172. The SMILES string of the molecule is COC(=O)c1cc(Nc2c(N(c3ccc(OC)cc3)S(=O)O)cnc3cc(Br)cc(F)c23)cc(N2CCN(C3COC3)CC2)c1. The Balaban J connectivity index is 1.45. The zero-order chi connectivity index (χ0) is 31.7. The minimum absolute atomic E-state index is 0.0982. The first-order chi connectivity index (χ1) is 21.7. The second-order valence-electron chi connectivity index (χ2n) is 10.6. The molecule has 11 nitrogen and oxygen atoms in total. The number of carbonyl (C=O) groups is 1. The third-order valence-corrected chi connectivity index (χ3v) is 9.15. The Morgan fingerprint density at radius 2 is 1.84 bits per heavy atom. The number of hydrogen-bond donors (Lipinski definition) is 2. The fraction of sp³-hybridized carbons (Fsp3) is 0.290. The molecule has 2 saturated heterocycles. The van der Waals surface area contributed by atoms with Gasteiger partial charge in [-0.2, -0.15) is 0 Å². The molecule has 6 rings (SSSR count). The maximum Gasteiger partial charge on any atom is 0.337 e. The molecule has 2 fully saturated rings. The second-order valence-corrected chi connectivity index (χ2v) is 12.4. The summed E-state index contributed by atoms with van der Waals surface area (Å²) >= 11 is 0.749. The van der Waals surface area contributed by atoms with Crippen molar-refractivity contribution < 1.29 is 32.2 Å². The van der Waals surface area contributed by atoms with E-state index in [0.717, 1.165) is 49.4 Å². The van der Waals surface area contributed by atoms with Crippen LogP contribution < -0.4 is 19.3 Å². The normalized spacial score (nSPS) is 16.2. The lowest BCUT2D eigenvalue weighted by Crippen LogP contribution is -2.56. The highest BCUT2D eigenvalue weighted by molar-refractivity contribution is 9.10. The minimum Gasteiger partial charge on any atom is -0.497 e. The molecule has 1 aromatic heterocycles. The average Bonchev–Trinajstić information content (AvgIpc) is 3.01. The van der Waals surface area contributed by atoms with Crippen molar-refractivity contribution in [2.75, 3.05) is 68.1 Å². The molecule has 0 bridgehead atoms. The number of fused-ring (bicyclic) bond motifs is 1. The summed E-state index contributed by atoms with van der Waals surface area (Å²) in [5.41, 5.74) is 2.52. The van der Waals surface area contributed by atoms with Crippen molar-refractivity contribution in [3.8, 4) is 5.75 Å². The van der Waals surface area contributed by atoms with E-state index in [0.29, 0.717) is 38.7 Å². The first-order valence-corrected chi connectivity index (χ1v) is 16.0. The number of carbonyl (C=O) groups excluding carboxylic acids is 1. The maximum atomic E-state index is 15.7. The molecule has 0 spiro atoms. The summed E-state index contributed by atoms with van der Waals surface area (Å²) in [5.74, 6) is -0.575. The van der Waals surface area contributed by atoms with Crippen LogP contribution in [0.15, 0.2) is 65.3 Å². The highest BCUT2D eigenvalue weighted by Crippen LogP contribution is 2.42. The van der Waals surface area contributed by atoms with E-state index < -0.39 is 23.1 Å². The highest BCUT2D eigenvalue weighted by Gasteiger charge is 2.30. The smallest absolute Gasteiger partial charge is 0.337 e. The molecular weight excluding hydrogens is 669 g/mol. The summed E-state index contributed by atoms with van der Waals surface area (Å²) in [6.45, 7) is 4.65. The highest BCUT2D eigenvalue weighted by atomic mass is 79.9. The summed E-state index contributed by atoms with van der Waals surface area (Å²) in [7, 11) is 2.83. The predicted octanol–water partition coefficient (Wildman–Crippen LogP) is 5.47. The van der Waals surface area contributed by atoms with Gasteiger partial charge in [-0.1, -0.05) is 15.9 Å². The molecular formula is C31H31BrFN5O6S. The Morgan fingerprint density at radius 1 is 1.11 bits per heavy atom. The Kier molecular flexibility index (Phi) is 9.19. The van der Waals surface area contributed by atoms with E-state index >= 15 is 4.39 Å². The zero-order valence-electron chi connectivity index (χ0n) is 24.5. The van der Waals surface area contributed by atoms with E-state index in [9.17, 15) is 13.6 Å². The molecule has 2 N–H and O–H groups in total. The third-order valence-electron chi connectivity index (χ3n) is 7.97. The van der Waals surface area contributed by atoms with Gasteiger partial charge < -0.3 is 24.4 Å². The van der Waals surface area contributed by atoms with Crippen molar-refractivity contribution >= 4 is 72.5 Å². The van der Waals surface area contributed by atoms with Crippen molar-refractivity contribution in [3.05, 3.63) is 76.6 Å². The van der Waals surface area contributed by atoms with Crippen molar-refractivity contribution in [3.63, 3.8) is 0 Å². The number of benzene rings is 3.